The summed E-state index contributed by atoms with van der Waals surface area (Å²) in [4.78, 5) is 26.2. The van der Waals surface area contributed by atoms with Gasteiger partial charge in [-0.3, -0.25) is 9.59 Å². The molecule has 1 amide bonds. The van der Waals surface area contributed by atoms with Crippen molar-refractivity contribution in [3.63, 3.8) is 0 Å². The first-order valence-electron chi connectivity index (χ1n) is 10.6. The van der Waals surface area contributed by atoms with Crippen molar-refractivity contribution in [1.29, 1.82) is 0 Å². The van der Waals surface area contributed by atoms with Crippen LogP contribution in [0, 0.1) is 11.7 Å². The number of hydrogen-bond donors (Lipinski definition) is 0. The van der Waals surface area contributed by atoms with Gasteiger partial charge in [-0.1, -0.05) is 40.2 Å². The zero-order valence-corrected chi connectivity index (χ0v) is 19.6. The van der Waals surface area contributed by atoms with Gasteiger partial charge in [0, 0.05) is 16.6 Å². The van der Waals surface area contributed by atoms with E-state index >= 15 is 0 Å². The van der Waals surface area contributed by atoms with Crippen molar-refractivity contribution >= 4 is 33.5 Å². The molecule has 0 aliphatic carbocycles. The monoisotopic (exact) mass is 511 g/mol. The highest BCUT2D eigenvalue weighted by Gasteiger charge is 2.48. The molecule has 7 heteroatoms. The fraction of sp³-hybridized carbons (Fsp3) is 0.231. The number of rotatable bonds is 8. The summed E-state index contributed by atoms with van der Waals surface area (Å²) in [6.07, 6.45) is 0.546. The molecule has 1 saturated heterocycles. The van der Waals surface area contributed by atoms with E-state index in [2.05, 4.69) is 15.9 Å². The van der Waals surface area contributed by atoms with E-state index in [1.54, 1.807) is 17.0 Å². The van der Waals surface area contributed by atoms with E-state index in [-0.39, 0.29) is 36.1 Å². The first-order chi connectivity index (χ1) is 16.0. The van der Waals surface area contributed by atoms with E-state index in [0.717, 1.165) is 15.6 Å². The Bertz CT molecular complexity index is 1120. The fourth-order valence-corrected chi connectivity index (χ4v) is 4.25. The molecular weight excluding hydrogens is 489 g/mol. The Hall–Kier alpha value is -3.19. The van der Waals surface area contributed by atoms with Crippen LogP contribution >= 0.6 is 15.9 Å². The molecule has 1 aliphatic rings. The molecule has 0 aromatic heterocycles. The van der Waals surface area contributed by atoms with Gasteiger partial charge in [0.05, 0.1) is 19.1 Å². The highest BCUT2D eigenvalue weighted by molar-refractivity contribution is 9.10. The first-order valence-corrected chi connectivity index (χ1v) is 11.4. The Labute approximate surface area is 200 Å². The standard InChI is InChI=1S/C26H23BrFNO4/c1-32-24(30)15-14-23-25(29(26(23)31)21-10-8-20(28)9-11-21)18-4-12-22(13-5-18)33-16-17-2-6-19(27)7-3-17/h2-13,23,25H,14-16H2,1H3/t23-,25-/m1/s1. The van der Waals surface area contributed by atoms with Crippen LogP contribution in [0.25, 0.3) is 0 Å². The fourth-order valence-electron chi connectivity index (χ4n) is 3.98. The molecular formula is C26H23BrFNO4. The van der Waals surface area contributed by atoms with Crippen LogP contribution in [0.5, 0.6) is 5.75 Å². The average molecular weight is 512 g/mol. The van der Waals surface area contributed by atoms with Gasteiger partial charge in [-0.2, -0.15) is 0 Å². The molecule has 1 heterocycles. The molecule has 0 bridgehead atoms. The number of ether oxygens (including phenoxy) is 2. The summed E-state index contributed by atoms with van der Waals surface area (Å²) < 4.78 is 25.0. The number of esters is 1. The second-order valence-corrected chi connectivity index (χ2v) is 8.75. The second-order valence-electron chi connectivity index (χ2n) is 7.83. The molecule has 0 N–H and O–H groups in total. The van der Waals surface area contributed by atoms with Gasteiger partial charge in [0.25, 0.3) is 0 Å². The van der Waals surface area contributed by atoms with Gasteiger partial charge in [-0.25, -0.2) is 4.39 Å². The third kappa shape index (κ3) is 5.25. The van der Waals surface area contributed by atoms with Crippen molar-refractivity contribution in [2.45, 2.75) is 25.5 Å². The smallest absolute Gasteiger partial charge is 0.305 e. The number of benzene rings is 3. The summed E-state index contributed by atoms with van der Waals surface area (Å²) in [6.45, 7) is 0.442. The predicted molar refractivity (Wildman–Crippen MR) is 126 cm³/mol. The van der Waals surface area contributed by atoms with Gasteiger partial charge < -0.3 is 14.4 Å². The summed E-state index contributed by atoms with van der Waals surface area (Å²) in [7, 11) is 1.33. The van der Waals surface area contributed by atoms with E-state index in [9.17, 15) is 14.0 Å². The number of amides is 1. The van der Waals surface area contributed by atoms with Crippen molar-refractivity contribution in [3.8, 4) is 5.75 Å². The van der Waals surface area contributed by atoms with Crippen LogP contribution in [0.3, 0.4) is 0 Å². The summed E-state index contributed by atoms with van der Waals surface area (Å²) in [5.74, 6) is -0.446. The van der Waals surface area contributed by atoms with Crippen molar-refractivity contribution in [2.24, 2.45) is 5.92 Å². The van der Waals surface area contributed by atoms with Gasteiger partial charge in [0.15, 0.2) is 0 Å². The molecule has 0 saturated carbocycles. The Morgan fingerprint density at radius 2 is 1.67 bits per heavy atom. The summed E-state index contributed by atoms with van der Waals surface area (Å²) >= 11 is 3.42. The van der Waals surface area contributed by atoms with Gasteiger partial charge in [0.2, 0.25) is 5.91 Å². The molecule has 3 aromatic rings. The van der Waals surface area contributed by atoms with Crippen LogP contribution in [0.2, 0.25) is 0 Å². The maximum atomic E-state index is 13.4. The molecule has 4 rings (SSSR count). The molecule has 0 spiro atoms. The molecule has 0 unspecified atom stereocenters. The van der Waals surface area contributed by atoms with Crippen LogP contribution in [0.4, 0.5) is 10.1 Å². The summed E-state index contributed by atoms with van der Waals surface area (Å²) in [5.41, 5.74) is 2.60. The normalized spacial score (nSPS) is 17.4. The van der Waals surface area contributed by atoms with E-state index in [1.165, 1.54) is 19.2 Å². The van der Waals surface area contributed by atoms with E-state index in [4.69, 9.17) is 9.47 Å². The largest absolute Gasteiger partial charge is 0.489 e. The van der Waals surface area contributed by atoms with Crippen LogP contribution in [-0.4, -0.2) is 19.0 Å². The van der Waals surface area contributed by atoms with Gasteiger partial charge in [-0.05, 0) is 66.1 Å². The van der Waals surface area contributed by atoms with Crippen LogP contribution < -0.4 is 9.64 Å². The second kappa shape index (κ2) is 10.2. The minimum Gasteiger partial charge on any atom is -0.489 e. The third-order valence-electron chi connectivity index (χ3n) is 5.75. The Morgan fingerprint density at radius 1 is 1.00 bits per heavy atom. The van der Waals surface area contributed by atoms with Crippen molar-refractivity contribution in [3.05, 3.63) is 94.2 Å². The van der Waals surface area contributed by atoms with Crippen molar-refractivity contribution < 1.29 is 23.5 Å². The lowest BCUT2D eigenvalue weighted by molar-refractivity contribution is -0.141. The van der Waals surface area contributed by atoms with Gasteiger partial charge in [0.1, 0.15) is 18.2 Å². The molecule has 0 radical (unpaired) electrons. The van der Waals surface area contributed by atoms with Crippen LogP contribution in [0.15, 0.2) is 77.3 Å². The Kier molecular flexibility index (Phi) is 7.08. The number of hydrogen-bond acceptors (Lipinski definition) is 4. The quantitative estimate of drug-likeness (QED) is 0.282. The lowest BCUT2D eigenvalue weighted by atomic mass is 9.79. The van der Waals surface area contributed by atoms with E-state index in [0.29, 0.717) is 24.5 Å². The van der Waals surface area contributed by atoms with Gasteiger partial charge >= 0.3 is 5.97 Å². The molecule has 1 aliphatic heterocycles. The summed E-state index contributed by atoms with van der Waals surface area (Å²) in [6, 6.07) is 21.1. The minimum atomic E-state index is -0.363. The maximum absolute atomic E-state index is 13.4. The topological polar surface area (TPSA) is 55.8 Å². The first kappa shape index (κ1) is 23.0. The number of nitrogens with zero attached hydrogens (tertiary/aromatic N) is 1. The molecule has 5 nitrogen and oxygen atoms in total. The number of carbonyl (C=O) groups is 2. The van der Waals surface area contributed by atoms with Crippen LogP contribution in [0.1, 0.15) is 30.0 Å². The maximum Gasteiger partial charge on any atom is 0.305 e. The number of anilines is 1. The van der Waals surface area contributed by atoms with E-state index < -0.39 is 0 Å². The summed E-state index contributed by atoms with van der Waals surface area (Å²) in [5, 5.41) is 0. The molecule has 1 fully saturated rings. The minimum absolute atomic E-state index is 0.0916. The number of methoxy groups -OCH3 is 1. The highest BCUT2D eigenvalue weighted by Crippen LogP contribution is 2.45. The van der Waals surface area contributed by atoms with Crippen molar-refractivity contribution in [1.82, 2.24) is 0 Å². The number of carbonyl (C=O) groups excluding carboxylic acids is 2. The molecule has 3 aromatic carbocycles. The SMILES string of the molecule is COC(=O)CC[C@H]1C(=O)N(c2ccc(F)cc2)[C@@H]1c1ccc(OCc2ccc(Br)cc2)cc1. The number of β-lactam (4-membered cyclic amide) rings is 1. The highest BCUT2D eigenvalue weighted by atomic mass is 79.9. The zero-order chi connectivity index (χ0) is 23.4. The predicted octanol–water partition coefficient (Wildman–Crippen LogP) is 5.82. The van der Waals surface area contributed by atoms with E-state index in [1.807, 2.05) is 48.5 Å². The zero-order valence-electron chi connectivity index (χ0n) is 18.0. The Morgan fingerprint density at radius 3 is 2.30 bits per heavy atom. The lowest BCUT2D eigenvalue weighted by Gasteiger charge is -2.47. The molecule has 2 atom stereocenters. The average Bonchev–Trinajstić information content (AvgIpc) is 2.83. The third-order valence-corrected chi connectivity index (χ3v) is 6.27. The Balaban J connectivity index is 1.51. The van der Waals surface area contributed by atoms with Crippen LogP contribution in [-0.2, 0) is 20.9 Å². The van der Waals surface area contributed by atoms with Gasteiger partial charge in [-0.15, -0.1) is 0 Å². The lowest BCUT2D eigenvalue weighted by Crippen LogP contribution is -2.55. The molecule has 33 heavy (non-hydrogen) atoms. The number of halogens is 2. The van der Waals surface area contributed by atoms with Crippen molar-refractivity contribution in [2.75, 3.05) is 12.0 Å². The molecule has 170 valence electrons.